The highest BCUT2D eigenvalue weighted by atomic mass is 16.1. The number of carbonyl (C=O) groups excluding carboxylic acids is 1. The second-order valence-corrected chi connectivity index (χ2v) is 7.55. The third kappa shape index (κ3) is 3.27. The molecule has 1 N–H and O–H groups in total. The van der Waals surface area contributed by atoms with Gasteiger partial charge >= 0.3 is 0 Å². The Kier molecular flexibility index (Phi) is 4.31. The van der Waals surface area contributed by atoms with Gasteiger partial charge in [0.1, 0.15) is 5.82 Å². The van der Waals surface area contributed by atoms with Crippen LogP contribution in [0.4, 0.5) is 5.95 Å². The highest BCUT2D eigenvalue weighted by molar-refractivity contribution is 6.03. The minimum Gasteiger partial charge on any atom is -0.289 e. The van der Waals surface area contributed by atoms with E-state index in [-0.39, 0.29) is 11.8 Å². The molecule has 2 unspecified atom stereocenters. The smallest absolute Gasteiger partial charge is 0.258 e. The molecule has 2 aromatic carbocycles. The average molecular weight is 383 g/mol. The topological polar surface area (TPSA) is 72.7 Å². The zero-order valence-corrected chi connectivity index (χ0v) is 16.1. The zero-order valence-electron chi connectivity index (χ0n) is 16.1. The first kappa shape index (κ1) is 17.6. The third-order valence-corrected chi connectivity index (χ3v) is 5.54. The van der Waals surface area contributed by atoms with Crippen molar-refractivity contribution in [1.82, 2.24) is 19.7 Å². The summed E-state index contributed by atoms with van der Waals surface area (Å²) < 4.78 is 1.93. The van der Waals surface area contributed by atoms with E-state index in [4.69, 9.17) is 0 Å². The van der Waals surface area contributed by atoms with Crippen molar-refractivity contribution in [3.05, 3.63) is 83.8 Å². The molecule has 5 rings (SSSR count). The van der Waals surface area contributed by atoms with Crippen LogP contribution in [0.2, 0.25) is 0 Å². The minimum atomic E-state index is -0.198. The van der Waals surface area contributed by atoms with Gasteiger partial charge in [-0.25, -0.2) is 4.68 Å². The molecule has 3 heterocycles. The van der Waals surface area contributed by atoms with Gasteiger partial charge in [-0.05, 0) is 30.2 Å². The molecule has 4 aromatic rings. The van der Waals surface area contributed by atoms with E-state index in [1.165, 1.54) is 5.56 Å². The van der Waals surface area contributed by atoms with Gasteiger partial charge < -0.3 is 0 Å². The quantitative estimate of drug-likeness (QED) is 0.570. The fraction of sp³-hybridized carbons (Fsp3) is 0.217. The molecule has 0 spiro atoms. The largest absolute Gasteiger partial charge is 0.289 e. The van der Waals surface area contributed by atoms with E-state index < -0.39 is 0 Å². The summed E-state index contributed by atoms with van der Waals surface area (Å²) in [7, 11) is 0. The Balaban J connectivity index is 1.42. The predicted octanol–water partition coefficient (Wildman–Crippen LogP) is 4.37. The fourth-order valence-corrected chi connectivity index (χ4v) is 4.17. The van der Waals surface area contributed by atoms with Gasteiger partial charge in [0, 0.05) is 29.0 Å². The molecule has 144 valence electrons. The van der Waals surface area contributed by atoms with Gasteiger partial charge in [-0.15, -0.1) is 5.10 Å². The lowest BCUT2D eigenvalue weighted by atomic mass is 9.85. The summed E-state index contributed by atoms with van der Waals surface area (Å²) in [5.41, 5.74) is 2.88. The predicted molar refractivity (Wildman–Crippen MR) is 112 cm³/mol. The maximum Gasteiger partial charge on any atom is 0.258 e. The molecule has 1 amide bonds. The van der Waals surface area contributed by atoms with Crippen molar-refractivity contribution < 1.29 is 4.79 Å². The molecule has 0 fully saturated rings. The van der Waals surface area contributed by atoms with Gasteiger partial charge in [0.2, 0.25) is 5.95 Å². The second kappa shape index (κ2) is 7.13. The van der Waals surface area contributed by atoms with Crippen molar-refractivity contribution in [2.45, 2.75) is 31.7 Å². The maximum absolute atomic E-state index is 12.4. The van der Waals surface area contributed by atoms with E-state index in [0.29, 0.717) is 17.4 Å². The van der Waals surface area contributed by atoms with Crippen LogP contribution in [0, 0.1) is 0 Å². The Morgan fingerprint density at radius 3 is 2.76 bits per heavy atom. The molecule has 0 bridgehead atoms. The Labute approximate surface area is 168 Å². The SMILES string of the molecule is CC1CC(c2cccc3cccnc23)Cn2nc(NC(=O)c3ccccc3)nc21. The summed E-state index contributed by atoms with van der Waals surface area (Å²) in [4.78, 5) is 21.6. The van der Waals surface area contributed by atoms with Crippen LogP contribution in [0.3, 0.4) is 0 Å². The van der Waals surface area contributed by atoms with Crippen LogP contribution in [-0.2, 0) is 6.54 Å². The lowest BCUT2D eigenvalue weighted by Crippen LogP contribution is -2.22. The Morgan fingerprint density at radius 2 is 1.90 bits per heavy atom. The number of rotatable bonds is 3. The van der Waals surface area contributed by atoms with Gasteiger partial charge in [-0.3, -0.25) is 15.1 Å². The van der Waals surface area contributed by atoms with Gasteiger partial charge in [0.25, 0.3) is 5.91 Å². The standard InChI is InChI=1S/C23H21N5O/c1-15-13-18(19-11-5-9-16-10-6-12-24-20(16)19)14-28-21(15)25-23(27-28)26-22(29)17-7-3-2-4-8-17/h2-12,15,18H,13-14H2,1H3,(H,26,27,29). The summed E-state index contributed by atoms with van der Waals surface area (Å²) in [6, 6.07) is 19.5. The van der Waals surface area contributed by atoms with Gasteiger partial charge in [-0.2, -0.15) is 4.98 Å². The maximum atomic E-state index is 12.4. The molecule has 2 aromatic heterocycles. The summed E-state index contributed by atoms with van der Waals surface area (Å²) in [6.45, 7) is 2.89. The zero-order chi connectivity index (χ0) is 19.8. The van der Waals surface area contributed by atoms with E-state index in [9.17, 15) is 4.79 Å². The Bertz CT molecular complexity index is 1180. The molecular formula is C23H21N5O. The molecule has 6 heteroatoms. The number of aromatic nitrogens is 4. The number of nitrogens with one attached hydrogen (secondary N) is 1. The molecule has 2 atom stereocenters. The molecule has 1 aliphatic heterocycles. The normalized spacial score (nSPS) is 18.4. The minimum absolute atomic E-state index is 0.198. The number of carbonyl (C=O) groups is 1. The van der Waals surface area contributed by atoms with Crippen molar-refractivity contribution in [3.63, 3.8) is 0 Å². The number of amides is 1. The summed E-state index contributed by atoms with van der Waals surface area (Å²) in [5, 5.41) is 8.55. The Morgan fingerprint density at radius 1 is 1.07 bits per heavy atom. The molecule has 0 saturated carbocycles. The highest BCUT2D eigenvalue weighted by Crippen LogP contribution is 2.37. The number of hydrogen-bond donors (Lipinski definition) is 1. The van der Waals surface area contributed by atoms with E-state index in [1.807, 2.05) is 35.1 Å². The summed E-state index contributed by atoms with van der Waals surface area (Å²) >= 11 is 0. The van der Waals surface area contributed by atoms with Crippen LogP contribution in [0.15, 0.2) is 66.9 Å². The molecule has 29 heavy (non-hydrogen) atoms. The lowest BCUT2D eigenvalue weighted by Gasteiger charge is -2.27. The first-order valence-electron chi connectivity index (χ1n) is 9.84. The summed E-state index contributed by atoms with van der Waals surface area (Å²) in [6.07, 6.45) is 2.82. The van der Waals surface area contributed by atoms with Gasteiger partial charge in [0.15, 0.2) is 0 Å². The van der Waals surface area contributed by atoms with Crippen LogP contribution in [0.1, 0.15) is 46.9 Å². The molecule has 1 aliphatic rings. The number of nitrogens with zero attached hydrogens (tertiary/aromatic N) is 4. The van der Waals surface area contributed by atoms with Crippen molar-refractivity contribution in [1.29, 1.82) is 0 Å². The molecular weight excluding hydrogens is 362 g/mol. The van der Waals surface area contributed by atoms with Crippen LogP contribution in [0.25, 0.3) is 10.9 Å². The third-order valence-electron chi connectivity index (χ3n) is 5.54. The van der Waals surface area contributed by atoms with Gasteiger partial charge in [-0.1, -0.05) is 49.4 Å². The Hall–Kier alpha value is -3.54. The number of pyridine rings is 1. The molecule has 0 saturated heterocycles. The first-order valence-corrected chi connectivity index (χ1v) is 9.84. The first-order chi connectivity index (χ1) is 14.2. The van der Waals surface area contributed by atoms with Crippen LogP contribution < -0.4 is 5.32 Å². The van der Waals surface area contributed by atoms with Crippen molar-refractivity contribution >= 4 is 22.8 Å². The number of fused-ring (bicyclic) bond motifs is 2. The number of anilines is 1. The van der Waals surface area contributed by atoms with E-state index >= 15 is 0 Å². The van der Waals surface area contributed by atoms with Crippen LogP contribution >= 0.6 is 0 Å². The van der Waals surface area contributed by atoms with Crippen LogP contribution in [-0.4, -0.2) is 25.7 Å². The molecule has 0 radical (unpaired) electrons. The van der Waals surface area contributed by atoms with Gasteiger partial charge in [0.05, 0.1) is 12.1 Å². The summed E-state index contributed by atoms with van der Waals surface area (Å²) in [5.74, 6) is 1.62. The fourth-order valence-electron chi connectivity index (χ4n) is 4.17. The van der Waals surface area contributed by atoms with E-state index in [1.54, 1.807) is 12.1 Å². The second-order valence-electron chi connectivity index (χ2n) is 7.55. The van der Waals surface area contributed by atoms with E-state index in [2.05, 4.69) is 51.6 Å². The number of hydrogen-bond acceptors (Lipinski definition) is 4. The number of para-hydroxylation sites is 1. The van der Waals surface area contributed by atoms with Crippen LogP contribution in [0.5, 0.6) is 0 Å². The van der Waals surface area contributed by atoms with Crippen molar-refractivity contribution in [3.8, 4) is 0 Å². The highest BCUT2D eigenvalue weighted by Gasteiger charge is 2.29. The average Bonchev–Trinajstić information content (AvgIpc) is 3.17. The van der Waals surface area contributed by atoms with E-state index in [0.717, 1.165) is 29.7 Å². The molecule has 0 aliphatic carbocycles. The van der Waals surface area contributed by atoms with Crippen molar-refractivity contribution in [2.75, 3.05) is 5.32 Å². The number of benzene rings is 2. The monoisotopic (exact) mass is 383 g/mol. The lowest BCUT2D eigenvalue weighted by molar-refractivity contribution is 0.102. The molecule has 6 nitrogen and oxygen atoms in total. The van der Waals surface area contributed by atoms with Crippen molar-refractivity contribution in [2.24, 2.45) is 0 Å².